The highest BCUT2D eigenvalue weighted by molar-refractivity contribution is 5.65. The molecule has 2 rings (SSSR count). The van der Waals surface area contributed by atoms with Gasteiger partial charge >= 0.3 is 6.09 Å². The number of hydrogen-bond donors (Lipinski definition) is 2. The van der Waals surface area contributed by atoms with Crippen LogP contribution in [-0.2, 0) is 6.42 Å². The van der Waals surface area contributed by atoms with Crippen LogP contribution < -0.4 is 5.32 Å². The molecule has 1 aliphatic rings. The summed E-state index contributed by atoms with van der Waals surface area (Å²) < 4.78 is 0. The molecule has 0 radical (unpaired) electrons. The van der Waals surface area contributed by atoms with Crippen LogP contribution >= 0.6 is 0 Å². The summed E-state index contributed by atoms with van der Waals surface area (Å²) in [6, 6.07) is 7.03. The van der Waals surface area contributed by atoms with Gasteiger partial charge in [-0.2, -0.15) is 0 Å². The Balaban J connectivity index is 1.78. The molecule has 1 amide bonds. The first-order valence-corrected chi connectivity index (χ1v) is 7.01. The molecule has 1 heterocycles. The molecule has 114 valence electrons. The van der Waals surface area contributed by atoms with Crippen molar-refractivity contribution in [2.75, 3.05) is 19.6 Å². The number of para-hydroxylation sites is 1. The number of carbonyl (C=O) groups is 1. The van der Waals surface area contributed by atoms with Gasteiger partial charge in [-0.1, -0.05) is 18.2 Å². The lowest BCUT2D eigenvalue weighted by molar-refractivity contribution is -0.385. The largest absolute Gasteiger partial charge is 0.465 e. The van der Waals surface area contributed by atoms with E-state index in [1.165, 1.54) is 11.0 Å². The van der Waals surface area contributed by atoms with E-state index in [2.05, 4.69) is 5.32 Å². The number of nitro benzene ring substituents is 1. The summed E-state index contributed by atoms with van der Waals surface area (Å²) in [4.78, 5) is 22.8. The van der Waals surface area contributed by atoms with Crippen molar-refractivity contribution >= 4 is 11.8 Å². The van der Waals surface area contributed by atoms with Gasteiger partial charge in [0, 0.05) is 30.8 Å². The number of hydrogen-bond acceptors (Lipinski definition) is 4. The molecule has 0 aromatic heterocycles. The molecule has 1 aromatic carbocycles. The van der Waals surface area contributed by atoms with Gasteiger partial charge in [-0.05, 0) is 25.8 Å². The van der Waals surface area contributed by atoms with E-state index in [9.17, 15) is 14.9 Å². The first-order chi connectivity index (χ1) is 10.1. The Hall–Kier alpha value is -2.15. The lowest BCUT2D eigenvalue weighted by Gasteiger charge is -2.30. The van der Waals surface area contributed by atoms with E-state index in [0.29, 0.717) is 26.1 Å². The van der Waals surface area contributed by atoms with Gasteiger partial charge in [0.25, 0.3) is 5.69 Å². The Morgan fingerprint density at radius 1 is 1.38 bits per heavy atom. The first kappa shape index (κ1) is 15.2. The minimum Gasteiger partial charge on any atom is -0.465 e. The molecule has 0 saturated carbocycles. The molecule has 0 atom stereocenters. The van der Waals surface area contributed by atoms with Crippen molar-refractivity contribution in [3.8, 4) is 0 Å². The summed E-state index contributed by atoms with van der Waals surface area (Å²) in [5.41, 5.74) is 0.873. The number of nitrogens with one attached hydrogen (secondary N) is 1. The van der Waals surface area contributed by atoms with Gasteiger partial charge in [-0.25, -0.2) is 4.79 Å². The van der Waals surface area contributed by atoms with E-state index in [4.69, 9.17) is 5.11 Å². The van der Waals surface area contributed by atoms with Gasteiger partial charge in [0.1, 0.15) is 0 Å². The Morgan fingerprint density at radius 2 is 2.05 bits per heavy atom. The Bertz CT molecular complexity index is 513. The molecular formula is C14H19N3O4. The molecule has 2 N–H and O–H groups in total. The van der Waals surface area contributed by atoms with E-state index in [1.807, 2.05) is 0 Å². The maximum Gasteiger partial charge on any atom is 0.407 e. The third kappa shape index (κ3) is 4.16. The number of likely N-dealkylation sites (tertiary alicyclic amines) is 1. The maximum absolute atomic E-state index is 10.9. The minimum atomic E-state index is -0.867. The number of benzene rings is 1. The molecule has 7 heteroatoms. The summed E-state index contributed by atoms with van der Waals surface area (Å²) in [5.74, 6) is 0. The summed E-state index contributed by atoms with van der Waals surface area (Å²) in [6.45, 7) is 1.74. The van der Waals surface area contributed by atoms with Crippen LogP contribution in [-0.4, -0.2) is 46.7 Å². The van der Waals surface area contributed by atoms with Gasteiger partial charge in [0.2, 0.25) is 0 Å². The van der Waals surface area contributed by atoms with Gasteiger partial charge in [-0.15, -0.1) is 0 Å². The van der Waals surface area contributed by atoms with Crippen molar-refractivity contribution in [3.05, 3.63) is 39.9 Å². The number of amides is 1. The second kappa shape index (κ2) is 7.03. The van der Waals surface area contributed by atoms with Crippen LogP contribution in [0.3, 0.4) is 0 Å². The van der Waals surface area contributed by atoms with Gasteiger partial charge in [0.05, 0.1) is 4.92 Å². The SMILES string of the molecule is O=C(O)N1CCC(NCCc2ccccc2[N+](=O)[O-])CC1. The highest BCUT2D eigenvalue weighted by Crippen LogP contribution is 2.18. The van der Waals surface area contributed by atoms with Crippen LogP contribution in [0.25, 0.3) is 0 Å². The third-order valence-corrected chi connectivity index (χ3v) is 3.78. The smallest absolute Gasteiger partial charge is 0.407 e. The van der Waals surface area contributed by atoms with Crippen molar-refractivity contribution < 1.29 is 14.8 Å². The van der Waals surface area contributed by atoms with Gasteiger partial charge in [-0.3, -0.25) is 10.1 Å². The zero-order valence-corrected chi connectivity index (χ0v) is 11.7. The fourth-order valence-electron chi connectivity index (χ4n) is 2.59. The predicted molar refractivity (Wildman–Crippen MR) is 77.4 cm³/mol. The molecule has 1 aliphatic heterocycles. The average Bonchev–Trinajstić information content (AvgIpc) is 2.48. The second-order valence-electron chi connectivity index (χ2n) is 5.13. The number of nitro groups is 1. The molecule has 0 bridgehead atoms. The van der Waals surface area contributed by atoms with E-state index in [1.54, 1.807) is 18.2 Å². The molecular weight excluding hydrogens is 274 g/mol. The van der Waals surface area contributed by atoms with Crippen LogP contribution in [0.4, 0.5) is 10.5 Å². The molecule has 1 fully saturated rings. The van der Waals surface area contributed by atoms with Crippen molar-refractivity contribution in [1.82, 2.24) is 10.2 Å². The molecule has 0 aliphatic carbocycles. The molecule has 21 heavy (non-hydrogen) atoms. The highest BCUT2D eigenvalue weighted by atomic mass is 16.6. The van der Waals surface area contributed by atoms with Crippen LogP contribution in [0, 0.1) is 10.1 Å². The van der Waals surface area contributed by atoms with Crippen LogP contribution in [0.15, 0.2) is 24.3 Å². The lowest BCUT2D eigenvalue weighted by atomic mass is 10.0. The lowest BCUT2D eigenvalue weighted by Crippen LogP contribution is -2.44. The zero-order chi connectivity index (χ0) is 15.2. The van der Waals surface area contributed by atoms with Crippen molar-refractivity contribution in [2.24, 2.45) is 0 Å². The van der Waals surface area contributed by atoms with E-state index in [-0.39, 0.29) is 16.7 Å². The van der Waals surface area contributed by atoms with Gasteiger partial charge in [0.15, 0.2) is 0 Å². The van der Waals surface area contributed by atoms with E-state index >= 15 is 0 Å². The number of nitrogens with zero attached hydrogens (tertiary/aromatic N) is 2. The number of piperidine rings is 1. The van der Waals surface area contributed by atoms with Crippen LogP contribution in [0.2, 0.25) is 0 Å². The summed E-state index contributed by atoms with van der Waals surface area (Å²) >= 11 is 0. The third-order valence-electron chi connectivity index (χ3n) is 3.78. The quantitative estimate of drug-likeness (QED) is 0.638. The van der Waals surface area contributed by atoms with Crippen molar-refractivity contribution in [3.63, 3.8) is 0 Å². The normalized spacial score (nSPS) is 15.9. The van der Waals surface area contributed by atoms with E-state index in [0.717, 1.165) is 18.4 Å². The standard InChI is InChI=1S/C14H19N3O4/c18-14(19)16-9-6-12(7-10-16)15-8-5-11-3-1-2-4-13(11)17(20)21/h1-4,12,15H,5-10H2,(H,18,19). The van der Waals surface area contributed by atoms with Crippen LogP contribution in [0.1, 0.15) is 18.4 Å². The summed E-state index contributed by atoms with van der Waals surface area (Å²) in [6.07, 6.45) is 1.29. The Kier molecular flexibility index (Phi) is 5.10. The summed E-state index contributed by atoms with van der Waals surface area (Å²) in [5, 5.41) is 23.1. The van der Waals surface area contributed by atoms with Crippen LogP contribution in [0.5, 0.6) is 0 Å². The van der Waals surface area contributed by atoms with Crippen molar-refractivity contribution in [2.45, 2.75) is 25.3 Å². The molecule has 0 unspecified atom stereocenters. The summed E-state index contributed by atoms with van der Waals surface area (Å²) in [7, 11) is 0. The highest BCUT2D eigenvalue weighted by Gasteiger charge is 2.21. The monoisotopic (exact) mass is 293 g/mol. The fraction of sp³-hybridized carbons (Fsp3) is 0.500. The topological polar surface area (TPSA) is 95.7 Å². The second-order valence-corrected chi connectivity index (χ2v) is 5.13. The maximum atomic E-state index is 10.9. The molecule has 0 spiro atoms. The Morgan fingerprint density at radius 3 is 2.67 bits per heavy atom. The van der Waals surface area contributed by atoms with E-state index < -0.39 is 6.09 Å². The zero-order valence-electron chi connectivity index (χ0n) is 11.7. The minimum absolute atomic E-state index is 0.153. The Labute approximate surface area is 122 Å². The molecule has 7 nitrogen and oxygen atoms in total. The molecule has 1 aromatic rings. The fourth-order valence-corrected chi connectivity index (χ4v) is 2.59. The number of rotatable bonds is 5. The average molecular weight is 293 g/mol. The van der Waals surface area contributed by atoms with Gasteiger partial charge < -0.3 is 15.3 Å². The predicted octanol–water partition coefficient (Wildman–Crippen LogP) is 1.87. The first-order valence-electron chi connectivity index (χ1n) is 7.01. The molecule has 1 saturated heterocycles. The van der Waals surface area contributed by atoms with Crippen molar-refractivity contribution in [1.29, 1.82) is 0 Å². The number of carboxylic acid groups (broad SMARTS) is 1.